The molecular weight excluding hydrogens is 322 g/mol. The van der Waals surface area contributed by atoms with Gasteiger partial charge in [0.1, 0.15) is 6.61 Å². The van der Waals surface area contributed by atoms with E-state index in [1.165, 1.54) is 4.63 Å². The van der Waals surface area contributed by atoms with Crippen LogP contribution in [0.3, 0.4) is 0 Å². The Morgan fingerprint density at radius 1 is 1.24 bits per heavy atom. The second-order valence-corrected chi connectivity index (χ2v) is 5.93. The maximum absolute atomic E-state index is 12.1. The van der Waals surface area contributed by atoms with Crippen LogP contribution in [0.1, 0.15) is 5.56 Å². The highest BCUT2D eigenvalue weighted by molar-refractivity contribution is 5.69. The van der Waals surface area contributed by atoms with Crippen LogP contribution in [0.4, 0.5) is 10.6 Å². The van der Waals surface area contributed by atoms with Crippen LogP contribution in [0, 0.1) is 0 Å². The Hall–Kier alpha value is -3.23. The third-order valence-electron chi connectivity index (χ3n) is 4.29. The molecular formula is C16H17N7O2. The fraction of sp³-hybridized carbons (Fsp3) is 0.312. The van der Waals surface area contributed by atoms with Gasteiger partial charge in [0.15, 0.2) is 11.5 Å². The zero-order valence-electron chi connectivity index (χ0n) is 13.7. The summed E-state index contributed by atoms with van der Waals surface area (Å²) < 4.78 is 6.72. The van der Waals surface area contributed by atoms with Crippen molar-refractivity contribution < 1.29 is 9.53 Å². The molecule has 0 aliphatic carbocycles. The van der Waals surface area contributed by atoms with Crippen molar-refractivity contribution in [3.8, 4) is 0 Å². The summed E-state index contributed by atoms with van der Waals surface area (Å²) in [6, 6.07) is 13.5. The van der Waals surface area contributed by atoms with Crippen LogP contribution in [0.5, 0.6) is 0 Å². The standard InChI is InChI=1S/C16H17N7O2/c1-21(15-8-7-14-17-19-20-23(14)18-15)13-9-22(10-13)16(24)25-11-12-5-3-2-4-6-12/h2-8,13H,9-11H2,1H3. The Kier molecular flexibility index (Phi) is 3.88. The van der Waals surface area contributed by atoms with Crippen molar-refractivity contribution in [3.05, 3.63) is 48.0 Å². The van der Waals surface area contributed by atoms with Gasteiger partial charge in [-0.2, -0.15) is 0 Å². The molecule has 1 amide bonds. The smallest absolute Gasteiger partial charge is 0.410 e. The number of fused-ring (bicyclic) bond motifs is 1. The maximum Gasteiger partial charge on any atom is 0.410 e. The predicted octanol–water partition coefficient (Wildman–Crippen LogP) is 0.976. The van der Waals surface area contributed by atoms with Gasteiger partial charge >= 0.3 is 6.09 Å². The quantitative estimate of drug-likeness (QED) is 0.700. The van der Waals surface area contributed by atoms with Crippen molar-refractivity contribution in [1.29, 1.82) is 0 Å². The Bertz CT molecular complexity index is 876. The number of amides is 1. The van der Waals surface area contributed by atoms with E-state index in [1.54, 1.807) is 4.90 Å². The average molecular weight is 339 g/mol. The molecule has 0 radical (unpaired) electrons. The van der Waals surface area contributed by atoms with Crippen LogP contribution in [0.2, 0.25) is 0 Å². The molecule has 2 aromatic heterocycles. The maximum atomic E-state index is 12.1. The first-order chi connectivity index (χ1) is 12.2. The van der Waals surface area contributed by atoms with E-state index < -0.39 is 0 Å². The molecule has 1 fully saturated rings. The topological polar surface area (TPSA) is 88.8 Å². The van der Waals surface area contributed by atoms with Crippen molar-refractivity contribution in [2.75, 3.05) is 25.0 Å². The lowest BCUT2D eigenvalue weighted by Gasteiger charge is -2.43. The van der Waals surface area contributed by atoms with Crippen molar-refractivity contribution in [1.82, 2.24) is 30.2 Å². The lowest BCUT2D eigenvalue weighted by molar-refractivity contribution is 0.0665. The summed E-state index contributed by atoms with van der Waals surface area (Å²) in [6.07, 6.45) is -0.294. The largest absolute Gasteiger partial charge is 0.445 e. The average Bonchev–Trinajstić information content (AvgIpc) is 3.07. The monoisotopic (exact) mass is 339 g/mol. The summed E-state index contributed by atoms with van der Waals surface area (Å²) in [6.45, 7) is 1.48. The molecule has 3 heterocycles. The molecule has 1 aliphatic rings. The van der Waals surface area contributed by atoms with Gasteiger partial charge < -0.3 is 14.5 Å². The second kappa shape index (κ2) is 6.34. The molecule has 0 N–H and O–H groups in total. The van der Waals surface area contributed by atoms with Crippen molar-refractivity contribution in [3.63, 3.8) is 0 Å². The fourth-order valence-corrected chi connectivity index (χ4v) is 2.68. The molecule has 9 nitrogen and oxygen atoms in total. The van der Waals surface area contributed by atoms with Crippen LogP contribution in [0.15, 0.2) is 42.5 Å². The number of hydrogen-bond acceptors (Lipinski definition) is 7. The van der Waals surface area contributed by atoms with Gasteiger partial charge in [-0.3, -0.25) is 0 Å². The predicted molar refractivity (Wildman–Crippen MR) is 89.0 cm³/mol. The lowest BCUT2D eigenvalue weighted by Crippen LogP contribution is -2.60. The first-order valence-electron chi connectivity index (χ1n) is 7.94. The normalized spacial score (nSPS) is 14.4. The highest BCUT2D eigenvalue weighted by Gasteiger charge is 2.35. The summed E-state index contributed by atoms with van der Waals surface area (Å²) in [5, 5.41) is 15.6. The highest BCUT2D eigenvalue weighted by Crippen LogP contribution is 2.20. The molecule has 9 heteroatoms. The molecule has 1 aliphatic heterocycles. The van der Waals surface area contributed by atoms with E-state index in [4.69, 9.17) is 4.74 Å². The minimum atomic E-state index is -0.294. The minimum absolute atomic E-state index is 0.186. The van der Waals surface area contributed by atoms with Gasteiger partial charge in [0.2, 0.25) is 0 Å². The molecule has 0 spiro atoms. The van der Waals surface area contributed by atoms with E-state index in [2.05, 4.69) is 20.6 Å². The molecule has 0 unspecified atom stereocenters. The van der Waals surface area contributed by atoms with Crippen LogP contribution in [-0.4, -0.2) is 62.4 Å². The fourth-order valence-electron chi connectivity index (χ4n) is 2.68. The van der Waals surface area contributed by atoms with E-state index >= 15 is 0 Å². The van der Waals surface area contributed by atoms with E-state index in [0.29, 0.717) is 18.7 Å². The second-order valence-electron chi connectivity index (χ2n) is 5.93. The SMILES string of the molecule is CN(c1ccc2nnnn2n1)C1CN(C(=O)OCc2ccccc2)C1. The third kappa shape index (κ3) is 3.08. The van der Waals surface area contributed by atoms with Gasteiger partial charge in [0.05, 0.1) is 6.04 Å². The number of anilines is 1. The molecule has 4 rings (SSSR count). The molecule has 0 bridgehead atoms. The Labute approximate surface area is 143 Å². The Balaban J connectivity index is 1.31. The van der Waals surface area contributed by atoms with Crippen molar-refractivity contribution in [2.45, 2.75) is 12.6 Å². The van der Waals surface area contributed by atoms with E-state index in [-0.39, 0.29) is 18.7 Å². The van der Waals surface area contributed by atoms with E-state index in [0.717, 1.165) is 11.4 Å². The summed E-state index contributed by atoms with van der Waals surface area (Å²) in [5.41, 5.74) is 1.57. The summed E-state index contributed by atoms with van der Waals surface area (Å²) in [5.74, 6) is 0.752. The first kappa shape index (κ1) is 15.3. The number of carbonyl (C=O) groups excluding carboxylic acids is 1. The van der Waals surface area contributed by atoms with Crippen molar-refractivity contribution in [2.24, 2.45) is 0 Å². The summed E-state index contributed by atoms with van der Waals surface area (Å²) >= 11 is 0. The van der Waals surface area contributed by atoms with Gasteiger partial charge in [-0.1, -0.05) is 30.3 Å². The number of nitrogens with zero attached hydrogens (tertiary/aromatic N) is 7. The van der Waals surface area contributed by atoms with Gasteiger partial charge in [0.25, 0.3) is 0 Å². The molecule has 0 atom stereocenters. The number of likely N-dealkylation sites (tertiary alicyclic amines) is 1. The number of aromatic nitrogens is 5. The number of hydrogen-bond donors (Lipinski definition) is 0. The summed E-state index contributed by atoms with van der Waals surface area (Å²) in [7, 11) is 1.94. The number of rotatable bonds is 4. The third-order valence-corrected chi connectivity index (χ3v) is 4.29. The highest BCUT2D eigenvalue weighted by atomic mass is 16.6. The molecule has 1 saturated heterocycles. The van der Waals surface area contributed by atoms with Crippen LogP contribution in [-0.2, 0) is 11.3 Å². The van der Waals surface area contributed by atoms with Crippen LogP contribution < -0.4 is 4.90 Å². The number of carbonyl (C=O) groups is 1. The Morgan fingerprint density at radius 3 is 2.84 bits per heavy atom. The van der Waals surface area contributed by atoms with Gasteiger partial charge in [-0.05, 0) is 28.1 Å². The minimum Gasteiger partial charge on any atom is -0.445 e. The molecule has 1 aromatic carbocycles. The number of ether oxygens (including phenoxy) is 1. The zero-order chi connectivity index (χ0) is 17.2. The van der Waals surface area contributed by atoms with E-state index in [9.17, 15) is 4.79 Å². The number of benzene rings is 1. The number of likely N-dealkylation sites (N-methyl/N-ethyl adjacent to an activating group) is 1. The van der Waals surface area contributed by atoms with E-state index in [1.807, 2.05) is 54.4 Å². The zero-order valence-corrected chi connectivity index (χ0v) is 13.7. The summed E-state index contributed by atoms with van der Waals surface area (Å²) in [4.78, 5) is 15.8. The molecule has 128 valence electrons. The molecule has 3 aromatic rings. The van der Waals surface area contributed by atoms with Gasteiger partial charge in [0, 0.05) is 20.1 Å². The molecule has 0 saturated carbocycles. The van der Waals surface area contributed by atoms with Crippen LogP contribution in [0.25, 0.3) is 5.65 Å². The number of tetrazole rings is 1. The van der Waals surface area contributed by atoms with Gasteiger partial charge in [-0.25, -0.2) is 4.79 Å². The van der Waals surface area contributed by atoms with Crippen LogP contribution >= 0.6 is 0 Å². The first-order valence-corrected chi connectivity index (χ1v) is 7.94. The lowest BCUT2D eigenvalue weighted by atomic mass is 10.1. The van der Waals surface area contributed by atoms with Crippen molar-refractivity contribution >= 4 is 17.6 Å². The Morgan fingerprint density at radius 2 is 2.04 bits per heavy atom. The van der Waals surface area contributed by atoms with Gasteiger partial charge in [-0.15, -0.1) is 14.8 Å². The molecule has 25 heavy (non-hydrogen) atoms.